The standard InChI is InChI=1S/C13H19N3/c1-13(2,3)9-4-5-10-11(8-9)16-12(15-10)6-7-14/h4-5,8H,6-7,14H2,1-3H3,(H,15,16). The molecule has 0 saturated heterocycles. The summed E-state index contributed by atoms with van der Waals surface area (Å²) in [5, 5.41) is 0. The van der Waals surface area contributed by atoms with E-state index in [-0.39, 0.29) is 5.41 Å². The zero-order valence-corrected chi connectivity index (χ0v) is 10.2. The SMILES string of the molecule is CC(C)(C)c1ccc2nc(CCN)[nH]c2c1. The largest absolute Gasteiger partial charge is 0.342 e. The van der Waals surface area contributed by atoms with Gasteiger partial charge in [-0.15, -0.1) is 0 Å². The highest BCUT2D eigenvalue weighted by Crippen LogP contribution is 2.25. The number of nitrogens with two attached hydrogens (primary N) is 1. The number of benzene rings is 1. The van der Waals surface area contributed by atoms with Crippen LogP contribution < -0.4 is 5.73 Å². The smallest absolute Gasteiger partial charge is 0.108 e. The van der Waals surface area contributed by atoms with Crippen molar-refractivity contribution in [3.8, 4) is 0 Å². The van der Waals surface area contributed by atoms with Crippen molar-refractivity contribution in [3.05, 3.63) is 29.6 Å². The molecule has 3 N–H and O–H groups in total. The molecule has 0 aliphatic heterocycles. The molecule has 0 spiro atoms. The van der Waals surface area contributed by atoms with Crippen molar-refractivity contribution in [1.82, 2.24) is 9.97 Å². The molecule has 86 valence electrons. The Bertz CT molecular complexity index is 491. The molecule has 1 aromatic carbocycles. The predicted octanol–water partition coefficient (Wildman–Crippen LogP) is 2.36. The van der Waals surface area contributed by atoms with E-state index in [2.05, 4.69) is 48.9 Å². The Balaban J connectivity index is 2.46. The summed E-state index contributed by atoms with van der Waals surface area (Å²) in [4.78, 5) is 7.81. The van der Waals surface area contributed by atoms with Crippen molar-refractivity contribution in [2.24, 2.45) is 5.73 Å². The van der Waals surface area contributed by atoms with E-state index in [1.165, 1.54) is 5.56 Å². The highest BCUT2D eigenvalue weighted by Gasteiger charge is 2.14. The highest BCUT2D eigenvalue weighted by atomic mass is 14.9. The topological polar surface area (TPSA) is 54.7 Å². The summed E-state index contributed by atoms with van der Waals surface area (Å²) in [7, 11) is 0. The number of hydrogen-bond donors (Lipinski definition) is 2. The fourth-order valence-electron chi connectivity index (χ4n) is 1.78. The van der Waals surface area contributed by atoms with E-state index in [4.69, 9.17) is 5.73 Å². The van der Waals surface area contributed by atoms with Gasteiger partial charge in [-0.25, -0.2) is 4.98 Å². The predicted molar refractivity (Wildman–Crippen MR) is 67.6 cm³/mol. The molecule has 2 rings (SSSR count). The Hall–Kier alpha value is -1.35. The van der Waals surface area contributed by atoms with Crippen LogP contribution in [0.3, 0.4) is 0 Å². The molecule has 0 aliphatic carbocycles. The van der Waals surface area contributed by atoms with Gasteiger partial charge in [0, 0.05) is 6.42 Å². The minimum absolute atomic E-state index is 0.174. The summed E-state index contributed by atoms with van der Waals surface area (Å²) in [6.07, 6.45) is 0.805. The molecule has 3 heteroatoms. The third-order valence-electron chi connectivity index (χ3n) is 2.78. The van der Waals surface area contributed by atoms with Crippen molar-refractivity contribution in [3.63, 3.8) is 0 Å². The normalized spacial score (nSPS) is 12.2. The molecule has 0 atom stereocenters. The number of nitrogens with one attached hydrogen (secondary N) is 1. The maximum absolute atomic E-state index is 5.52. The molecule has 16 heavy (non-hydrogen) atoms. The van der Waals surface area contributed by atoms with Gasteiger partial charge in [-0.2, -0.15) is 0 Å². The van der Waals surface area contributed by atoms with Gasteiger partial charge in [0.05, 0.1) is 11.0 Å². The van der Waals surface area contributed by atoms with E-state index in [1.807, 2.05) is 0 Å². The Morgan fingerprint density at radius 3 is 2.69 bits per heavy atom. The number of aromatic amines is 1. The lowest BCUT2D eigenvalue weighted by Gasteiger charge is -2.18. The molecule has 0 aliphatic rings. The summed E-state index contributed by atoms with van der Waals surface area (Å²) in [6.45, 7) is 7.27. The quantitative estimate of drug-likeness (QED) is 0.811. The first-order chi connectivity index (χ1) is 7.50. The Labute approximate surface area is 96.1 Å². The second-order valence-electron chi connectivity index (χ2n) is 5.20. The van der Waals surface area contributed by atoms with Gasteiger partial charge in [0.1, 0.15) is 5.82 Å². The van der Waals surface area contributed by atoms with Gasteiger partial charge in [0.15, 0.2) is 0 Å². The Morgan fingerprint density at radius 2 is 2.06 bits per heavy atom. The van der Waals surface area contributed by atoms with E-state index in [0.29, 0.717) is 6.54 Å². The highest BCUT2D eigenvalue weighted by molar-refractivity contribution is 5.76. The molecule has 0 amide bonds. The van der Waals surface area contributed by atoms with Crippen LogP contribution in [0, 0.1) is 0 Å². The van der Waals surface area contributed by atoms with Crippen molar-refractivity contribution >= 4 is 11.0 Å². The number of rotatable bonds is 2. The van der Waals surface area contributed by atoms with Crippen LogP contribution in [0.2, 0.25) is 0 Å². The van der Waals surface area contributed by atoms with E-state index in [9.17, 15) is 0 Å². The minimum atomic E-state index is 0.174. The van der Waals surface area contributed by atoms with Gasteiger partial charge in [-0.05, 0) is 29.7 Å². The van der Waals surface area contributed by atoms with Crippen molar-refractivity contribution < 1.29 is 0 Å². The first kappa shape index (κ1) is 11.1. The van der Waals surface area contributed by atoms with Crippen LogP contribution >= 0.6 is 0 Å². The molecule has 1 aromatic heterocycles. The van der Waals surface area contributed by atoms with Crippen LogP contribution in [-0.2, 0) is 11.8 Å². The summed E-state index contributed by atoms with van der Waals surface area (Å²) in [5.74, 6) is 0.976. The summed E-state index contributed by atoms with van der Waals surface area (Å²) in [6, 6.07) is 6.41. The Morgan fingerprint density at radius 1 is 1.31 bits per heavy atom. The average Bonchev–Trinajstić information content (AvgIpc) is 2.57. The number of nitrogens with zero attached hydrogens (tertiary/aromatic N) is 1. The fraction of sp³-hybridized carbons (Fsp3) is 0.462. The van der Waals surface area contributed by atoms with Crippen LogP contribution in [0.25, 0.3) is 11.0 Å². The third kappa shape index (κ3) is 2.09. The lowest BCUT2D eigenvalue weighted by Crippen LogP contribution is -2.10. The molecule has 2 aromatic rings. The van der Waals surface area contributed by atoms with Crippen LogP contribution in [0.5, 0.6) is 0 Å². The van der Waals surface area contributed by atoms with E-state index < -0.39 is 0 Å². The fourth-order valence-corrected chi connectivity index (χ4v) is 1.78. The first-order valence-corrected chi connectivity index (χ1v) is 5.70. The maximum Gasteiger partial charge on any atom is 0.108 e. The lowest BCUT2D eigenvalue weighted by atomic mass is 9.87. The molecule has 0 bridgehead atoms. The molecule has 0 fully saturated rings. The molecule has 0 unspecified atom stereocenters. The monoisotopic (exact) mass is 217 g/mol. The molecule has 0 saturated carbocycles. The molecular formula is C13H19N3. The van der Waals surface area contributed by atoms with Gasteiger partial charge in [-0.1, -0.05) is 26.8 Å². The van der Waals surface area contributed by atoms with Crippen LogP contribution in [0.1, 0.15) is 32.2 Å². The van der Waals surface area contributed by atoms with E-state index in [0.717, 1.165) is 23.3 Å². The van der Waals surface area contributed by atoms with Gasteiger partial charge < -0.3 is 10.7 Å². The zero-order chi connectivity index (χ0) is 11.8. The van der Waals surface area contributed by atoms with Gasteiger partial charge in [-0.3, -0.25) is 0 Å². The van der Waals surface area contributed by atoms with Gasteiger partial charge >= 0.3 is 0 Å². The van der Waals surface area contributed by atoms with Crippen molar-refractivity contribution in [2.45, 2.75) is 32.6 Å². The molecule has 0 radical (unpaired) electrons. The minimum Gasteiger partial charge on any atom is -0.342 e. The summed E-state index contributed by atoms with van der Waals surface area (Å²) in [5.41, 5.74) is 9.15. The van der Waals surface area contributed by atoms with Gasteiger partial charge in [0.25, 0.3) is 0 Å². The first-order valence-electron chi connectivity index (χ1n) is 5.70. The summed E-state index contributed by atoms with van der Waals surface area (Å²) >= 11 is 0. The van der Waals surface area contributed by atoms with Crippen LogP contribution in [0.4, 0.5) is 0 Å². The lowest BCUT2D eigenvalue weighted by molar-refractivity contribution is 0.591. The van der Waals surface area contributed by atoms with Crippen LogP contribution in [-0.4, -0.2) is 16.5 Å². The maximum atomic E-state index is 5.52. The van der Waals surface area contributed by atoms with E-state index in [1.54, 1.807) is 0 Å². The second kappa shape index (κ2) is 3.91. The number of fused-ring (bicyclic) bond motifs is 1. The Kier molecular flexibility index (Phi) is 2.72. The third-order valence-corrected chi connectivity index (χ3v) is 2.78. The van der Waals surface area contributed by atoms with Crippen molar-refractivity contribution in [1.29, 1.82) is 0 Å². The summed E-state index contributed by atoms with van der Waals surface area (Å²) < 4.78 is 0. The number of imidazole rings is 1. The molecular weight excluding hydrogens is 198 g/mol. The number of hydrogen-bond acceptors (Lipinski definition) is 2. The van der Waals surface area contributed by atoms with Crippen LogP contribution in [0.15, 0.2) is 18.2 Å². The second-order valence-corrected chi connectivity index (χ2v) is 5.20. The van der Waals surface area contributed by atoms with E-state index >= 15 is 0 Å². The average molecular weight is 217 g/mol. The molecule has 1 heterocycles. The number of aromatic nitrogens is 2. The number of H-pyrrole nitrogens is 1. The zero-order valence-electron chi connectivity index (χ0n) is 10.2. The van der Waals surface area contributed by atoms with Crippen molar-refractivity contribution in [2.75, 3.05) is 6.54 Å². The molecule has 3 nitrogen and oxygen atoms in total. The van der Waals surface area contributed by atoms with Gasteiger partial charge in [0.2, 0.25) is 0 Å².